The zero-order chi connectivity index (χ0) is 13.8. The third-order valence-electron chi connectivity index (χ3n) is 3.83. The lowest BCUT2D eigenvalue weighted by atomic mass is 10.2. The molecule has 1 aliphatic rings. The first-order valence-corrected chi connectivity index (χ1v) is 7.35. The van der Waals surface area contributed by atoms with Crippen molar-refractivity contribution in [1.29, 1.82) is 0 Å². The van der Waals surface area contributed by atoms with Crippen molar-refractivity contribution in [2.75, 3.05) is 18.0 Å². The van der Waals surface area contributed by atoms with Gasteiger partial charge in [-0.2, -0.15) is 0 Å². The molecule has 0 unspecified atom stereocenters. The van der Waals surface area contributed by atoms with Gasteiger partial charge in [0.2, 0.25) is 0 Å². The van der Waals surface area contributed by atoms with E-state index in [-0.39, 0.29) is 0 Å². The van der Waals surface area contributed by atoms with Crippen LogP contribution in [-0.2, 0) is 6.61 Å². The Morgan fingerprint density at radius 2 is 1.55 bits per heavy atom. The summed E-state index contributed by atoms with van der Waals surface area (Å²) in [5.41, 5.74) is 3.80. The molecule has 0 aliphatic carbocycles. The summed E-state index contributed by atoms with van der Waals surface area (Å²) in [5.74, 6) is 0.938. The Hall–Kier alpha value is -1.96. The molecule has 2 heteroatoms. The molecule has 0 N–H and O–H groups in total. The zero-order valence-electron chi connectivity index (χ0n) is 12.0. The maximum absolute atomic E-state index is 5.83. The van der Waals surface area contributed by atoms with Crippen LogP contribution in [0.4, 0.5) is 5.69 Å². The number of anilines is 1. The molecule has 0 bridgehead atoms. The topological polar surface area (TPSA) is 12.5 Å². The van der Waals surface area contributed by atoms with Crippen LogP contribution in [0.5, 0.6) is 5.75 Å². The van der Waals surface area contributed by atoms with Gasteiger partial charge in [0.25, 0.3) is 0 Å². The lowest BCUT2D eigenvalue weighted by Crippen LogP contribution is -2.17. The molecule has 0 radical (unpaired) electrons. The first-order valence-electron chi connectivity index (χ1n) is 7.35. The Kier molecular flexibility index (Phi) is 3.91. The molecule has 2 aromatic rings. The number of hydrogen-bond acceptors (Lipinski definition) is 2. The van der Waals surface area contributed by atoms with Gasteiger partial charge in [-0.15, -0.1) is 0 Å². The monoisotopic (exact) mass is 267 g/mol. The van der Waals surface area contributed by atoms with Crippen LogP contribution >= 0.6 is 0 Å². The summed E-state index contributed by atoms with van der Waals surface area (Å²) in [5, 5.41) is 0. The minimum atomic E-state index is 0.628. The molecule has 3 rings (SSSR count). The average molecular weight is 267 g/mol. The number of rotatable bonds is 4. The Balaban J connectivity index is 1.59. The van der Waals surface area contributed by atoms with Crippen molar-refractivity contribution < 1.29 is 4.74 Å². The molecule has 1 fully saturated rings. The van der Waals surface area contributed by atoms with Crippen LogP contribution in [0.25, 0.3) is 0 Å². The van der Waals surface area contributed by atoms with Crippen molar-refractivity contribution in [3.63, 3.8) is 0 Å². The quantitative estimate of drug-likeness (QED) is 0.824. The van der Waals surface area contributed by atoms with E-state index in [2.05, 4.69) is 60.4 Å². The number of aryl methyl sites for hydroxylation is 1. The summed E-state index contributed by atoms with van der Waals surface area (Å²) in [6.07, 6.45) is 2.62. The fraction of sp³-hybridized carbons (Fsp3) is 0.333. The molecule has 0 saturated carbocycles. The minimum absolute atomic E-state index is 0.628. The standard InChI is InChI=1S/C18H21NO/c1-15-4-6-16(7-5-15)14-20-18-10-8-17(9-11-18)19-12-2-3-13-19/h4-11H,2-3,12-14H2,1H3. The van der Waals surface area contributed by atoms with Crippen molar-refractivity contribution in [1.82, 2.24) is 0 Å². The van der Waals surface area contributed by atoms with Gasteiger partial charge < -0.3 is 9.64 Å². The van der Waals surface area contributed by atoms with Gasteiger partial charge in [-0.05, 0) is 49.6 Å². The number of nitrogens with zero attached hydrogens (tertiary/aromatic N) is 1. The fourth-order valence-corrected chi connectivity index (χ4v) is 2.58. The normalized spacial score (nSPS) is 14.6. The smallest absolute Gasteiger partial charge is 0.119 e. The van der Waals surface area contributed by atoms with Gasteiger partial charge in [-0.25, -0.2) is 0 Å². The average Bonchev–Trinajstić information content (AvgIpc) is 3.01. The first-order chi connectivity index (χ1) is 9.81. The molecular weight excluding hydrogens is 246 g/mol. The van der Waals surface area contributed by atoms with E-state index in [1.165, 1.54) is 42.7 Å². The predicted molar refractivity (Wildman–Crippen MR) is 83.4 cm³/mol. The fourth-order valence-electron chi connectivity index (χ4n) is 2.58. The van der Waals surface area contributed by atoms with Crippen LogP contribution < -0.4 is 9.64 Å². The summed E-state index contributed by atoms with van der Waals surface area (Å²) in [7, 11) is 0. The number of ether oxygens (including phenoxy) is 1. The highest BCUT2D eigenvalue weighted by Gasteiger charge is 2.11. The van der Waals surface area contributed by atoms with Gasteiger partial charge in [-0.1, -0.05) is 29.8 Å². The van der Waals surface area contributed by atoms with Gasteiger partial charge in [0, 0.05) is 18.8 Å². The molecule has 0 amide bonds. The van der Waals surface area contributed by atoms with Crippen molar-refractivity contribution in [3.8, 4) is 5.75 Å². The summed E-state index contributed by atoms with van der Waals surface area (Å²) in [4.78, 5) is 2.43. The second kappa shape index (κ2) is 6.00. The number of hydrogen-bond donors (Lipinski definition) is 0. The second-order valence-corrected chi connectivity index (χ2v) is 5.46. The number of benzene rings is 2. The Labute approximate surface area is 121 Å². The minimum Gasteiger partial charge on any atom is -0.489 e. The van der Waals surface area contributed by atoms with E-state index < -0.39 is 0 Å². The van der Waals surface area contributed by atoms with Crippen LogP contribution in [0.2, 0.25) is 0 Å². The van der Waals surface area contributed by atoms with Crippen molar-refractivity contribution in [3.05, 3.63) is 59.7 Å². The molecule has 2 aromatic carbocycles. The highest BCUT2D eigenvalue weighted by Crippen LogP contribution is 2.23. The van der Waals surface area contributed by atoms with Crippen LogP contribution in [0, 0.1) is 6.92 Å². The molecule has 0 atom stereocenters. The molecule has 104 valence electrons. The molecule has 20 heavy (non-hydrogen) atoms. The molecule has 0 spiro atoms. The molecule has 1 aliphatic heterocycles. The lowest BCUT2D eigenvalue weighted by molar-refractivity contribution is 0.306. The molecule has 1 saturated heterocycles. The van der Waals surface area contributed by atoms with E-state index in [9.17, 15) is 0 Å². The second-order valence-electron chi connectivity index (χ2n) is 5.46. The summed E-state index contributed by atoms with van der Waals surface area (Å²) >= 11 is 0. The van der Waals surface area contributed by atoms with Gasteiger partial charge >= 0.3 is 0 Å². The SMILES string of the molecule is Cc1ccc(COc2ccc(N3CCCC3)cc2)cc1. The maximum Gasteiger partial charge on any atom is 0.119 e. The van der Waals surface area contributed by atoms with E-state index >= 15 is 0 Å². The molecule has 1 heterocycles. The Morgan fingerprint density at radius 3 is 2.20 bits per heavy atom. The third-order valence-corrected chi connectivity index (χ3v) is 3.83. The van der Waals surface area contributed by atoms with Gasteiger partial charge in [-0.3, -0.25) is 0 Å². The maximum atomic E-state index is 5.83. The van der Waals surface area contributed by atoms with E-state index in [1.54, 1.807) is 0 Å². The van der Waals surface area contributed by atoms with E-state index in [0.29, 0.717) is 6.61 Å². The van der Waals surface area contributed by atoms with Gasteiger partial charge in [0.05, 0.1) is 0 Å². The highest BCUT2D eigenvalue weighted by molar-refractivity contribution is 5.49. The van der Waals surface area contributed by atoms with Crippen LogP contribution in [-0.4, -0.2) is 13.1 Å². The van der Waals surface area contributed by atoms with E-state index in [0.717, 1.165) is 5.75 Å². The molecule has 0 aromatic heterocycles. The predicted octanol–water partition coefficient (Wildman–Crippen LogP) is 4.17. The van der Waals surface area contributed by atoms with Gasteiger partial charge in [0.15, 0.2) is 0 Å². The molecule has 2 nitrogen and oxygen atoms in total. The Morgan fingerprint density at radius 1 is 0.900 bits per heavy atom. The largest absolute Gasteiger partial charge is 0.489 e. The zero-order valence-corrected chi connectivity index (χ0v) is 12.0. The first kappa shape index (κ1) is 13.0. The lowest BCUT2D eigenvalue weighted by Gasteiger charge is -2.17. The van der Waals surface area contributed by atoms with Crippen molar-refractivity contribution in [2.24, 2.45) is 0 Å². The Bertz CT molecular complexity index is 539. The summed E-state index contributed by atoms with van der Waals surface area (Å²) < 4.78 is 5.83. The van der Waals surface area contributed by atoms with Gasteiger partial charge in [0.1, 0.15) is 12.4 Å². The third kappa shape index (κ3) is 3.13. The van der Waals surface area contributed by atoms with Crippen molar-refractivity contribution >= 4 is 5.69 Å². The van der Waals surface area contributed by atoms with Crippen LogP contribution in [0.15, 0.2) is 48.5 Å². The summed E-state index contributed by atoms with van der Waals surface area (Å²) in [6.45, 7) is 5.10. The van der Waals surface area contributed by atoms with Crippen LogP contribution in [0.1, 0.15) is 24.0 Å². The van der Waals surface area contributed by atoms with Crippen LogP contribution in [0.3, 0.4) is 0 Å². The van der Waals surface area contributed by atoms with Crippen molar-refractivity contribution in [2.45, 2.75) is 26.4 Å². The highest BCUT2D eigenvalue weighted by atomic mass is 16.5. The summed E-state index contributed by atoms with van der Waals surface area (Å²) in [6, 6.07) is 16.9. The molecular formula is C18H21NO. The van der Waals surface area contributed by atoms with E-state index in [1.807, 2.05) is 0 Å². The van der Waals surface area contributed by atoms with E-state index in [4.69, 9.17) is 4.74 Å².